The molecule has 1 saturated heterocycles. The van der Waals surface area contributed by atoms with Gasteiger partial charge in [0.05, 0.1) is 25.6 Å². The first-order valence-corrected chi connectivity index (χ1v) is 9.66. The van der Waals surface area contributed by atoms with Crippen LogP contribution in [0.5, 0.6) is 0 Å². The molecule has 160 valence electrons. The van der Waals surface area contributed by atoms with Crippen molar-refractivity contribution in [3.63, 3.8) is 0 Å². The highest BCUT2D eigenvalue weighted by Gasteiger charge is 2.17. The second-order valence-corrected chi connectivity index (χ2v) is 6.67. The zero-order valence-electron chi connectivity index (χ0n) is 17.0. The molecule has 2 unspecified atom stereocenters. The van der Waals surface area contributed by atoms with E-state index in [9.17, 15) is 4.79 Å². The van der Waals surface area contributed by atoms with E-state index < -0.39 is 0 Å². The Bertz CT molecular complexity index is 603. The lowest BCUT2D eigenvalue weighted by Gasteiger charge is -2.19. The number of rotatable bonds is 10. The molecule has 1 amide bonds. The number of guanidine groups is 1. The molecule has 2 rings (SSSR count). The van der Waals surface area contributed by atoms with Gasteiger partial charge in [0.1, 0.15) is 0 Å². The van der Waals surface area contributed by atoms with E-state index in [2.05, 4.69) is 27.9 Å². The molecular weight excluding hydrogens is 475 g/mol. The molecule has 1 aromatic rings. The molecule has 1 aromatic heterocycles. The minimum atomic E-state index is -0.187. The summed E-state index contributed by atoms with van der Waals surface area (Å²) >= 11 is 0. The molecule has 1 aliphatic heterocycles. The molecule has 9 heteroatoms. The van der Waals surface area contributed by atoms with Crippen LogP contribution in [0.1, 0.15) is 42.8 Å². The van der Waals surface area contributed by atoms with Crippen molar-refractivity contribution in [2.24, 2.45) is 4.99 Å². The molecule has 3 N–H and O–H groups in total. The van der Waals surface area contributed by atoms with Gasteiger partial charge in [0.25, 0.3) is 5.91 Å². The SMILES string of the molecule is CCNC(=NCCCNC(=O)c1occc1C)NC(C)COC1CCOC1.I. The largest absolute Gasteiger partial charge is 0.459 e. The van der Waals surface area contributed by atoms with Gasteiger partial charge in [-0.3, -0.25) is 9.79 Å². The van der Waals surface area contributed by atoms with Crippen LogP contribution in [0.3, 0.4) is 0 Å². The fourth-order valence-corrected chi connectivity index (χ4v) is 2.68. The Morgan fingerprint density at radius 3 is 2.89 bits per heavy atom. The van der Waals surface area contributed by atoms with Crippen molar-refractivity contribution in [1.82, 2.24) is 16.0 Å². The number of aryl methyl sites for hydroxylation is 1. The molecule has 1 fully saturated rings. The first kappa shape index (κ1) is 24.7. The number of amides is 1. The average molecular weight is 508 g/mol. The lowest BCUT2D eigenvalue weighted by atomic mass is 10.2. The zero-order chi connectivity index (χ0) is 19.5. The van der Waals surface area contributed by atoms with Gasteiger partial charge in [0.2, 0.25) is 0 Å². The molecule has 28 heavy (non-hydrogen) atoms. The fourth-order valence-electron chi connectivity index (χ4n) is 2.68. The maximum atomic E-state index is 12.0. The minimum Gasteiger partial charge on any atom is -0.459 e. The van der Waals surface area contributed by atoms with Gasteiger partial charge in [-0.25, -0.2) is 0 Å². The monoisotopic (exact) mass is 508 g/mol. The minimum absolute atomic E-state index is 0. The molecule has 0 bridgehead atoms. The van der Waals surface area contributed by atoms with Crippen molar-refractivity contribution in [2.75, 3.05) is 39.5 Å². The highest BCUT2D eigenvalue weighted by molar-refractivity contribution is 14.0. The number of nitrogens with one attached hydrogen (secondary N) is 3. The molecule has 0 aromatic carbocycles. The number of carbonyl (C=O) groups excluding carboxylic acids is 1. The number of hydrogen-bond acceptors (Lipinski definition) is 5. The molecular formula is C19H33IN4O4. The Balaban J connectivity index is 0.00000392. The molecule has 1 aliphatic rings. The van der Waals surface area contributed by atoms with Gasteiger partial charge in [-0.2, -0.15) is 0 Å². The van der Waals surface area contributed by atoms with Crippen molar-refractivity contribution in [3.8, 4) is 0 Å². The summed E-state index contributed by atoms with van der Waals surface area (Å²) in [6, 6.07) is 1.92. The van der Waals surface area contributed by atoms with Crippen LogP contribution in [-0.2, 0) is 9.47 Å². The Kier molecular flexibility index (Phi) is 12.2. The number of ether oxygens (including phenoxy) is 2. The predicted octanol–water partition coefficient (Wildman–Crippen LogP) is 2.08. The van der Waals surface area contributed by atoms with Crippen LogP contribution in [0.4, 0.5) is 0 Å². The highest BCUT2D eigenvalue weighted by atomic mass is 127. The summed E-state index contributed by atoms with van der Waals surface area (Å²) in [7, 11) is 0. The van der Waals surface area contributed by atoms with E-state index in [1.54, 1.807) is 6.07 Å². The Labute approximate surface area is 184 Å². The van der Waals surface area contributed by atoms with Crippen LogP contribution < -0.4 is 16.0 Å². The molecule has 0 aliphatic carbocycles. The molecule has 8 nitrogen and oxygen atoms in total. The van der Waals surface area contributed by atoms with Gasteiger partial charge in [-0.05, 0) is 39.7 Å². The smallest absolute Gasteiger partial charge is 0.287 e. The summed E-state index contributed by atoms with van der Waals surface area (Å²) < 4.78 is 16.3. The first-order chi connectivity index (χ1) is 13.1. The van der Waals surface area contributed by atoms with Crippen molar-refractivity contribution in [1.29, 1.82) is 0 Å². The molecule has 2 atom stereocenters. The van der Waals surface area contributed by atoms with E-state index in [0.29, 0.717) is 32.1 Å². The van der Waals surface area contributed by atoms with Crippen molar-refractivity contribution < 1.29 is 18.7 Å². The maximum Gasteiger partial charge on any atom is 0.287 e. The van der Waals surface area contributed by atoms with E-state index in [0.717, 1.165) is 37.5 Å². The average Bonchev–Trinajstić information content (AvgIpc) is 3.31. The van der Waals surface area contributed by atoms with Gasteiger partial charge in [0, 0.05) is 37.8 Å². The van der Waals surface area contributed by atoms with E-state index in [4.69, 9.17) is 13.9 Å². The van der Waals surface area contributed by atoms with Crippen LogP contribution in [0.15, 0.2) is 21.7 Å². The van der Waals surface area contributed by atoms with E-state index in [1.807, 2.05) is 13.8 Å². The summed E-state index contributed by atoms with van der Waals surface area (Å²) in [6.07, 6.45) is 3.43. The third-order valence-corrected chi connectivity index (χ3v) is 4.16. The quantitative estimate of drug-likeness (QED) is 0.194. The predicted molar refractivity (Wildman–Crippen MR) is 120 cm³/mol. The third-order valence-electron chi connectivity index (χ3n) is 4.16. The first-order valence-electron chi connectivity index (χ1n) is 9.66. The van der Waals surface area contributed by atoms with Crippen molar-refractivity contribution in [2.45, 2.75) is 45.8 Å². The Morgan fingerprint density at radius 1 is 1.43 bits per heavy atom. The van der Waals surface area contributed by atoms with Gasteiger partial charge in [-0.1, -0.05) is 0 Å². The van der Waals surface area contributed by atoms with Gasteiger partial charge in [-0.15, -0.1) is 24.0 Å². The fraction of sp³-hybridized carbons (Fsp3) is 0.684. The van der Waals surface area contributed by atoms with Crippen molar-refractivity contribution in [3.05, 3.63) is 23.7 Å². The Hall–Kier alpha value is -1.33. The molecule has 0 radical (unpaired) electrons. The van der Waals surface area contributed by atoms with Crippen LogP contribution in [-0.4, -0.2) is 63.5 Å². The Morgan fingerprint density at radius 2 is 2.25 bits per heavy atom. The molecule has 0 spiro atoms. The van der Waals surface area contributed by atoms with E-state index in [-0.39, 0.29) is 42.0 Å². The number of nitrogens with zero attached hydrogens (tertiary/aromatic N) is 1. The normalized spacial score (nSPS) is 17.7. The van der Waals surface area contributed by atoms with Gasteiger partial charge >= 0.3 is 0 Å². The van der Waals surface area contributed by atoms with Gasteiger partial charge < -0.3 is 29.8 Å². The summed E-state index contributed by atoms with van der Waals surface area (Å²) in [5, 5.41) is 9.42. The van der Waals surface area contributed by atoms with Crippen LogP contribution >= 0.6 is 24.0 Å². The number of halogens is 1. The van der Waals surface area contributed by atoms with Crippen LogP contribution in [0.25, 0.3) is 0 Å². The van der Waals surface area contributed by atoms with Crippen LogP contribution in [0, 0.1) is 6.92 Å². The lowest BCUT2D eigenvalue weighted by molar-refractivity contribution is 0.0347. The van der Waals surface area contributed by atoms with E-state index in [1.165, 1.54) is 6.26 Å². The van der Waals surface area contributed by atoms with Gasteiger partial charge in [0.15, 0.2) is 11.7 Å². The standard InChI is InChI=1S/C19H32N4O4.HI/c1-4-20-19(23-15(3)12-27-16-7-10-25-13-16)22-9-5-8-21-18(24)17-14(2)6-11-26-17;/h6,11,15-16H,4-5,7-10,12-13H2,1-3H3,(H,21,24)(H2,20,22,23);1H. The van der Waals surface area contributed by atoms with E-state index >= 15 is 0 Å². The summed E-state index contributed by atoms with van der Waals surface area (Å²) in [5.41, 5.74) is 0.838. The highest BCUT2D eigenvalue weighted by Crippen LogP contribution is 2.08. The number of aliphatic imine (C=N–C) groups is 1. The summed E-state index contributed by atoms with van der Waals surface area (Å²) in [4.78, 5) is 16.5. The number of carbonyl (C=O) groups is 1. The second-order valence-electron chi connectivity index (χ2n) is 6.67. The number of furan rings is 1. The second kappa shape index (κ2) is 13.8. The third kappa shape index (κ3) is 8.78. The number of hydrogen-bond donors (Lipinski definition) is 3. The molecule has 2 heterocycles. The van der Waals surface area contributed by atoms with Crippen LogP contribution in [0.2, 0.25) is 0 Å². The lowest BCUT2D eigenvalue weighted by Crippen LogP contribution is -2.44. The summed E-state index contributed by atoms with van der Waals surface area (Å²) in [5.74, 6) is 0.938. The van der Waals surface area contributed by atoms with Crippen molar-refractivity contribution >= 4 is 35.8 Å². The summed E-state index contributed by atoms with van der Waals surface area (Å²) in [6.45, 7) is 9.95. The topological polar surface area (TPSA) is 97.1 Å². The zero-order valence-corrected chi connectivity index (χ0v) is 19.3. The molecule has 0 saturated carbocycles. The maximum absolute atomic E-state index is 12.0.